The van der Waals surface area contributed by atoms with E-state index in [0.29, 0.717) is 19.2 Å². The third-order valence-electron chi connectivity index (χ3n) is 5.44. The van der Waals surface area contributed by atoms with Gasteiger partial charge in [0.1, 0.15) is 0 Å². The van der Waals surface area contributed by atoms with Crippen LogP contribution in [0.15, 0.2) is 18.3 Å². The van der Waals surface area contributed by atoms with Crippen LogP contribution >= 0.6 is 0 Å². The maximum absolute atomic E-state index is 12.9. The molecule has 1 aromatic rings. The van der Waals surface area contributed by atoms with Gasteiger partial charge in [-0.2, -0.15) is 0 Å². The summed E-state index contributed by atoms with van der Waals surface area (Å²) in [5.74, 6) is -0.0357. The van der Waals surface area contributed by atoms with Gasteiger partial charge < -0.3 is 4.74 Å². The first-order valence-electron chi connectivity index (χ1n) is 8.94. The van der Waals surface area contributed by atoms with E-state index in [1.807, 2.05) is 12.3 Å². The molecule has 0 saturated carbocycles. The molecule has 0 spiro atoms. The second kappa shape index (κ2) is 6.78. The lowest BCUT2D eigenvalue weighted by atomic mass is 10.0. The van der Waals surface area contributed by atoms with Gasteiger partial charge in [0, 0.05) is 38.5 Å². The zero-order valence-corrected chi connectivity index (χ0v) is 14.2. The average molecular weight is 331 g/mol. The van der Waals surface area contributed by atoms with Gasteiger partial charge in [0.05, 0.1) is 24.3 Å². The third kappa shape index (κ3) is 2.94. The van der Waals surface area contributed by atoms with Crippen molar-refractivity contribution in [2.24, 2.45) is 5.92 Å². The number of hydroxylamine groups is 2. The van der Waals surface area contributed by atoms with Gasteiger partial charge >= 0.3 is 0 Å². The van der Waals surface area contributed by atoms with Crippen LogP contribution in [0.5, 0.6) is 0 Å². The smallest absolute Gasteiger partial charge is 0.253 e. The van der Waals surface area contributed by atoms with Crippen LogP contribution in [0, 0.1) is 12.8 Å². The number of carbonyl (C=O) groups excluding carboxylic acids is 1. The largest absolute Gasteiger partial charge is 0.376 e. The minimum absolute atomic E-state index is 0.00737. The van der Waals surface area contributed by atoms with Crippen LogP contribution < -0.4 is 0 Å². The lowest BCUT2D eigenvalue weighted by Crippen LogP contribution is -2.43. The third-order valence-corrected chi connectivity index (χ3v) is 5.44. The predicted molar refractivity (Wildman–Crippen MR) is 87.9 cm³/mol. The lowest BCUT2D eigenvalue weighted by Gasteiger charge is -2.29. The standard InChI is InChI=1S/C18H25N3O3/c1-13-5-4-7-19-15(13)12-20-11-14(17-16(20)6-10-23-17)18(22)21-8-2-3-9-24-21/h4-5,7,14,16-17H,2-3,6,8-12H2,1H3/t14-,16+,17+/m0/s1. The Balaban J connectivity index is 1.49. The second-order valence-corrected chi connectivity index (χ2v) is 6.98. The van der Waals surface area contributed by atoms with Gasteiger partial charge in [-0.3, -0.25) is 19.5 Å². The predicted octanol–water partition coefficient (Wildman–Crippen LogP) is 1.53. The Morgan fingerprint density at radius 1 is 1.38 bits per heavy atom. The molecule has 3 aliphatic heterocycles. The topological polar surface area (TPSA) is 54.9 Å². The molecule has 130 valence electrons. The number of pyridine rings is 1. The summed E-state index contributed by atoms with van der Waals surface area (Å²) in [6, 6.07) is 4.36. The Hall–Kier alpha value is -1.50. The van der Waals surface area contributed by atoms with Crippen LogP contribution in [0.4, 0.5) is 0 Å². The summed E-state index contributed by atoms with van der Waals surface area (Å²) in [6.45, 7) is 5.67. The van der Waals surface area contributed by atoms with Crippen molar-refractivity contribution in [1.29, 1.82) is 0 Å². The van der Waals surface area contributed by atoms with Crippen LogP contribution in [-0.4, -0.2) is 59.3 Å². The molecule has 4 rings (SSSR count). The van der Waals surface area contributed by atoms with E-state index in [2.05, 4.69) is 22.9 Å². The van der Waals surface area contributed by atoms with Gasteiger partial charge in [-0.1, -0.05) is 6.07 Å². The van der Waals surface area contributed by atoms with Crippen LogP contribution in [0.25, 0.3) is 0 Å². The van der Waals surface area contributed by atoms with E-state index >= 15 is 0 Å². The molecule has 0 bridgehead atoms. The van der Waals surface area contributed by atoms with Crippen molar-refractivity contribution in [2.75, 3.05) is 26.3 Å². The fourth-order valence-electron chi connectivity index (χ4n) is 4.10. The van der Waals surface area contributed by atoms with E-state index in [9.17, 15) is 4.79 Å². The Bertz CT molecular complexity index is 603. The fourth-order valence-corrected chi connectivity index (χ4v) is 4.10. The first-order chi connectivity index (χ1) is 11.7. The monoisotopic (exact) mass is 331 g/mol. The number of rotatable bonds is 3. The maximum Gasteiger partial charge on any atom is 0.253 e. The summed E-state index contributed by atoms with van der Waals surface area (Å²) < 4.78 is 5.93. The highest BCUT2D eigenvalue weighted by atomic mass is 16.7. The normalized spacial score (nSPS) is 30.5. The van der Waals surface area contributed by atoms with Crippen molar-refractivity contribution in [2.45, 2.75) is 44.9 Å². The summed E-state index contributed by atoms with van der Waals surface area (Å²) >= 11 is 0. The summed E-state index contributed by atoms with van der Waals surface area (Å²) in [6.07, 6.45) is 4.87. The molecule has 24 heavy (non-hydrogen) atoms. The van der Waals surface area contributed by atoms with Crippen LogP contribution in [0.1, 0.15) is 30.5 Å². The van der Waals surface area contributed by atoms with E-state index in [-0.39, 0.29) is 17.9 Å². The van der Waals surface area contributed by atoms with Crippen molar-refractivity contribution in [3.05, 3.63) is 29.6 Å². The molecule has 6 heteroatoms. The second-order valence-electron chi connectivity index (χ2n) is 6.98. The number of likely N-dealkylation sites (tertiary alicyclic amines) is 1. The number of aryl methyl sites for hydroxylation is 1. The van der Waals surface area contributed by atoms with Crippen molar-refractivity contribution >= 4 is 5.91 Å². The highest BCUT2D eigenvalue weighted by Gasteiger charge is 2.50. The first-order valence-corrected chi connectivity index (χ1v) is 8.94. The van der Waals surface area contributed by atoms with Crippen molar-refractivity contribution < 1.29 is 14.4 Å². The molecule has 0 radical (unpaired) electrons. The molecule has 3 saturated heterocycles. The summed E-state index contributed by atoms with van der Waals surface area (Å²) in [5.41, 5.74) is 2.28. The van der Waals surface area contributed by atoms with Crippen molar-refractivity contribution in [3.8, 4) is 0 Å². The van der Waals surface area contributed by atoms with Crippen LogP contribution in [0.2, 0.25) is 0 Å². The van der Waals surface area contributed by atoms with Gasteiger partial charge in [0.15, 0.2) is 0 Å². The number of fused-ring (bicyclic) bond motifs is 1. The molecular formula is C18H25N3O3. The summed E-state index contributed by atoms with van der Waals surface area (Å²) in [7, 11) is 0. The maximum atomic E-state index is 12.9. The number of hydrogen-bond donors (Lipinski definition) is 0. The van der Waals surface area contributed by atoms with E-state index < -0.39 is 0 Å². The number of carbonyl (C=O) groups is 1. The van der Waals surface area contributed by atoms with Gasteiger partial charge in [0.25, 0.3) is 5.91 Å². The molecule has 6 nitrogen and oxygen atoms in total. The summed E-state index contributed by atoms with van der Waals surface area (Å²) in [4.78, 5) is 25.3. The van der Waals surface area contributed by atoms with E-state index in [1.54, 1.807) is 5.06 Å². The van der Waals surface area contributed by atoms with Crippen LogP contribution in [0.3, 0.4) is 0 Å². The molecule has 0 aromatic carbocycles. The lowest BCUT2D eigenvalue weighted by molar-refractivity contribution is -0.203. The molecule has 3 aliphatic rings. The molecule has 4 heterocycles. The Morgan fingerprint density at radius 2 is 2.29 bits per heavy atom. The number of hydrogen-bond acceptors (Lipinski definition) is 5. The summed E-state index contributed by atoms with van der Waals surface area (Å²) in [5, 5.41) is 1.57. The van der Waals surface area contributed by atoms with E-state index in [1.165, 1.54) is 5.56 Å². The fraction of sp³-hybridized carbons (Fsp3) is 0.667. The van der Waals surface area contributed by atoms with Gasteiger partial charge in [-0.15, -0.1) is 0 Å². The number of nitrogens with zero attached hydrogens (tertiary/aromatic N) is 3. The average Bonchev–Trinajstić information content (AvgIpc) is 3.21. The van der Waals surface area contributed by atoms with E-state index in [0.717, 1.165) is 44.7 Å². The number of ether oxygens (including phenoxy) is 1. The van der Waals surface area contributed by atoms with Crippen molar-refractivity contribution in [1.82, 2.24) is 14.9 Å². The minimum Gasteiger partial charge on any atom is -0.376 e. The Labute approximate surface area is 142 Å². The minimum atomic E-state index is -0.125. The Morgan fingerprint density at radius 3 is 3.08 bits per heavy atom. The molecule has 0 N–H and O–H groups in total. The van der Waals surface area contributed by atoms with Crippen LogP contribution in [-0.2, 0) is 20.9 Å². The highest BCUT2D eigenvalue weighted by Crippen LogP contribution is 2.35. The SMILES string of the molecule is Cc1cccnc1CN1C[C@H](C(=O)N2CCCCO2)[C@H]2OCC[C@H]21. The molecule has 0 aliphatic carbocycles. The molecule has 1 amide bonds. The zero-order valence-electron chi connectivity index (χ0n) is 14.2. The number of amides is 1. The number of aromatic nitrogens is 1. The quantitative estimate of drug-likeness (QED) is 0.841. The van der Waals surface area contributed by atoms with Gasteiger partial charge in [0.2, 0.25) is 0 Å². The van der Waals surface area contributed by atoms with Crippen molar-refractivity contribution in [3.63, 3.8) is 0 Å². The molecule has 3 fully saturated rings. The molecule has 0 unspecified atom stereocenters. The molecule has 1 aromatic heterocycles. The molecule has 3 atom stereocenters. The van der Waals surface area contributed by atoms with Gasteiger partial charge in [-0.25, -0.2) is 5.06 Å². The molecular weight excluding hydrogens is 306 g/mol. The Kier molecular flexibility index (Phi) is 4.52. The highest BCUT2D eigenvalue weighted by molar-refractivity contribution is 5.79. The van der Waals surface area contributed by atoms with Gasteiger partial charge in [-0.05, 0) is 37.8 Å². The van der Waals surface area contributed by atoms with E-state index in [4.69, 9.17) is 9.57 Å². The first kappa shape index (κ1) is 16.0. The zero-order chi connectivity index (χ0) is 16.5.